The van der Waals surface area contributed by atoms with Gasteiger partial charge in [0, 0.05) is 0 Å². The van der Waals surface area contributed by atoms with Gasteiger partial charge in [0.2, 0.25) is 5.91 Å². The largest absolute Gasteiger partial charge is 0.416 e. The number of carbonyl (C=O) groups is 1. The molecule has 0 aliphatic rings. The lowest BCUT2D eigenvalue weighted by molar-refractivity contribution is -0.137. The van der Waals surface area contributed by atoms with Crippen molar-refractivity contribution in [3.63, 3.8) is 0 Å². The summed E-state index contributed by atoms with van der Waals surface area (Å²) in [7, 11) is 0. The minimum atomic E-state index is -4.58. The highest BCUT2D eigenvalue weighted by Gasteiger charge is 2.31. The molecule has 0 aliphatic heterocycles. The maximum Gasteiger partial charge on any atom is 0.416 e. The highest BCUT2D eigenvalue weighted by atomic mass is 35.5. The number of anilines is 1. The minimum Gasteiger partial charge on any atom is -0.324 e. The lowest BCUT2D eigenvalue weighted by Gasteiger charge is -2.12. The molecule has 0 unspecified atom stereocenters. The summed E-state index contributed by atoms with van der Waals surface area (Å²) in [5.41, 5.74) is -1.12. The maximum atomic E-state index is 12.4. The van der Waals surface area contributed by atoms with E-state index in [9.17, 15) is 31.1 Å². The average molecular weight is 335 g/mol. The van der Waals surface area contributed by atoms with Crippen LogP contribution >= 0.6 is 11.6 Å². The Labute approximate surface area is 120 Å². The third kappa shape index (κ3) is 6.21. The number of amides is 1. The van der Waals surface area contributed by atoms with Gasteiger partial charge < -0.3 is 10.6 Å². The van der Waals surface area contributed by atoms with Crippen molar-refractivity contribution in [1.29, 1.82) is 0 Å². The van der Waals surface area contributed by atoms with Gasteiger partial charge in [-0.05, 0) is 18.2 Å². The summed E-state index contributed by atoms with van der Waals surface area (Å²) in [6.07, 6.45) is -9.05. The minimum absolute atomic E-state index is 0.122. The highest BCUT2D eigenvalue weighted by molar-refractivity contribution is 6.33. The van der Waals surface area contributed by atoms with Crippen molar-refractivity contribution >= 4 is 23.2 Å². The molecule has 0 radical (unpaired) electrons. The highest BCUT2D eigenvalue weighted by Crippen LogP contribution is 2.33. The van der Waals surface area contributed by atoms with Crippen LogP contribution in [0.1, 0.15) is 5.56 Å². The standard InChI is InChI=1S/C11H9ClF6N2O/c12-7-3-6(11(16,17)18)1-2-8(7)20-9(21)4-19-5-10(13,14)15/h1-3,19H,4-5H2,(H,20,21). The summed E-state index contributed by atoms with van der Waals surface area (Å²) in [5, 5.41) is 3.58. The number of hydrogen-bond donors (Lipinski definition) is 2. The molecule has 21 heavy (non-hydrogen) atoms. The van der Waals surface area contributed by atoms with Crippen molar-refractivity contribution in [2.75, 3.05) is 18.4 Å². The first-order valence-corrected chi connectivity index (χ1v) is 5.81. The van der Waals surface area contributed by atoms with Crippen LogP contribution in [0.2, 0.25) is 5.02 Å². The smallest absolute Gasteiger partial charge is 0.324 e. The van der Waals surface area contributed by atoms with Gasteiger partial charge in [-0.15, -0.1) is 0 Å². The Kier molecular flexibility index (Phi) is 5.46. The molecule has 1 rings (SSSR count). The second kappa shape index (κ2) is 6.52. The predicted molar refractivity (Wildman–Crippen MR) is 64.0 cm³/mol. The Balaban J connectivity index is 2.61. The molecule has 3 nitrogen and oxygen atoms in total. The molecule has 1 aromatic carbocycles. The lowest BCUT2D eigenvalue weighted by atomic mass is 10.2. The van der Waals surface area contributed by atoms with Crippen LogP contribution in [0, 0.1) is 0 Å². The Morgan fingerprint density at radius 1 is 1.14 bits per heavy atom. The summed E-state index contributed by atoms with van der Waals surface area (Å²) < 4.78 is 72.6. The SMILES string of the molecule is O=C(CNCC(F)(F)F)Nc1ccc(C(F)(F)F)cc1Cl. The number of rotatable bonds is 4. The van der Waals surface area contributed by atoms with Crippen LogP contribution in [-0.2, 0) is 11.0 Å². The zero-order valence-electron chi connectivity index (χ0n) is 10.2. The van der Waals surface area contributed by atoms with Gasteiger partial charge in [0.25, 0.3) is 0 Å². The first-order valence-electron chi connectivity index (χ1n) is 5.43. The molecule has 0 aromatic heterocycles. The molecule has 0 aliphatic carbocycles. The molecular weight excluding hydrogens is 326 g/mol. The van der Waals surface area contributed by atoms with E-state index in [4.69, 9.17) is 11.6 Å². The Bertz CT molecular complexity index is 514. The van der Waals surface area contributed by atoms with Gasteiger partial charge in [-0.3, -0.25) is 4.79 Å². The molecule has 10 heteroatoms. The normalized spacial score (nSPS) is 12.3. The average Bonchev–Trinajstić information content (AvgIpc) is 2.28. The zero-order valence-corrected chi connectivity index (χ0v) is 11.0. The summed E-state index contributed by atoms with van der Waals surface area (Å²) >= 11 is 5.57. The molecule has 2 N–H and O–H groups in total. The summed E-state index contributed by atoms with van der Waals surface area (Å²) in [4.78, 5) is 11.3. The van der Waals surface area contributed by atoms with E-state index in [0.717, 1.165) is 6.07 Å². The number of halogens is 7. The van der Waals surface area contributed by atoms with Crippen LogP contribution < -0.4 is 10.6 Å². The van der Waals surface area contributed by atoms with Gasteiger partial charge in [-0.1, -0.05) is 11.6 Å². The molecule has 0 atom stereocenters. The van der Waals surface area contributed by atoms with E-state index in [2.05, 4.69) is 5.32 Å². The van der Waals surface area contributed by atoms with E-state index in [-0.39, 0.29) is 10.7 Å². The summed E-state index contributed by atoms with van der Waals surface area (Å²) in [6.45, 7) is -2.02. The number of carbonyl (C=O) groups excluding carboxylic acids is 1. The van der Waals surface area contributed by atoms with Crippen LogP contribution in [-0.4, -0.2) is 25.2 Å². The molecule has 0 saturated carbocycles. The molecule has 0 bridgehead atoms. The second-order valence-corrected chi connectivity index (χ2v) is 4.37. The summed E-state index contributed by atoms with van der Waals surface area (Å²) in [5.74, 6) is -0.860. The maximum absolute atomic E-state index is 12.4. The monoisotopic (exact) mass is 334 g/mol. The van der Waals surface area contributed by atoms with Gasteiger partial charge in [-0.2, -0.15) is 26.3 Å². The molecule has 1 amide bonds. The summed E-state index contributed by atoms with van der Waals surface area (Å²) in [6, 6.07) is 2.23. The zero-order chi connectivity index (χ0) is 16.3. The Morgan fingerprint density at radius 3 is 2.24 bits per heavy atom. The van der Waals surface area contributed by atoms with Crippen molar-refractivity contribution in [2.24, 2.45) is 0 Å². The topological polar surface area (TPSA) is 41.1 Å². The first-order chi connectivity index (χ1) is 9.49. The van der Waals surface area contributed by atoms with Crippen LogP contribution in [0.3, 0.4) is 0 Å². The predicted octanol–water partition coefficient (Wildman–Crippen LogP) is 3.45. The van der Waals surface area contributed by atoms with E-state index in [1.807, 2.05) is 5.32 Å². The molecule has 0 heterocycles. The molecule has 118 valence electrons. The first kappa shape index (κ1) is 17.6. The van der Waals surface area contributed by atoms with Gasteiger partial charge >= 0.3 is 12.4 Å². The van der Waals surface area contributed by atoms with Crippen LogP contribution in [0.25, 0.3) is 0 Å². The number of hydrogen-bond acceptors (Lipinski definition) is 2. The number of alkyl halides is 6. The fraction of sp³-hybridized carbons (Fsp3) is 0.364. The van der Waals surface area contributed by atoms with E-state index in [1.54, 1.807) is 0 Å². The molecule has 0 saturated heterocycles. The number of benzene rings is 1. The van der Waals surface area contributed by atoms with E-state index in [1.165, 1.54) is 0 Å². The van der Waals surface area contributed by atoms with Gasteiger partial charge in [0.05, 0.1) is 29.4 Å². The van der Waals surface area contributed by atoms with E-state index < -0.39 is 36.9 Å². The second-order valence-electron chi connectivity index (χ2n) is 3.96. The fourth-order valence-electron chi connectivity index (χ4n) is 1.30. The van der Waals surface area contributed by atoms with Crippen LogP contribution in [0.15, 0.2) is 18.2 Å². The molecule has 1 aromatic rings. The Hall–Kier alpha value is -1.48. The van der Waals surface area contributed by atoms with Crippen molar-refractivity contribution in [1.82, 2.24) is 5.32 Å². The van der Waals surface area contributed by atoms with Gasteiger partial charge in [0.1, 0.15) is 0 Å². The third-order valence-corrected chi connectivity index (χ3v) is 2.49. The Morgan fingerprint density at radius 2 is 1.76 bits per heavy atom. The van der Waals surface area contributed by atoms with Crippen LogP contribution in [0.5, 0.6) is 0 Å². The molecule has 0 fully saturated rings. The van der Waals surface area contributed by atoms with Gasteiger partial charge in [0.15, 0.2) is 0 Å². The van der Waals surface area contributed by atoms with Crippen molar-refractivity contribution in [3.05, 3.63) is 28.8 Å². The number of nitrogens with one attached hydrogen (secondary N) is 2. The van der Waals surface area contributed by atoms with Crippen molar-refractivity contribution < 1.29 is 31.1 Å². The molecular formula is C11H9ClF6N2O. The fourth-order valence-corrected chi connectivity index (χ4v) is 1.53. The van der Waals surface area contributed by atoms with E-state index >= 15 is 0 Å². The lowest BCUT2D eigenvalue weighted by Crippen LogP contribution is -2.35. The quantitative estimate of drug-likeness (QED) is 0.828. The molecule has 0 spiro atoms. The van der Waals surface area contributed by atoms with Gasteiger partial charge in [-0.25, -0.2) is 0 Å². The third-order valence-electron chi connectivity index (χ3n) is 2.18. The van der Waals surface area contributed by atoms with Crippen LogP contribution in [0.4, 0.5) is 32.0 Å². The van der Waals surface area contributed by atoms with Crippen molar-refractivity contribution in [2.45, 2.75) is 12.4 Å². The van der Waals surface area contributed by atoms with Crippen molar-refractivity contribution in [3.8, 4) is 0 Å². The van der Waals surface area contributed by atoms with E-state index in [0.29, 0.717) is 12.1 Å².